The zero-order valence-corrected chi connectivity index (χ0v) is 11.6. The van der Waals surface area contributed by atoms with Crippen LogP contribution in [0.4, 0.5) is 5.69 Å². The average Bonchev–Trinajstić information content (AvgIpc) is 2.57. The summed E-state index contributed by atoms with van der Waals surface area (Å²) < 4.78 is 0. The fourth-order valence-electron chi connectivity index (χ4n) is 2.77. The van der Waals surface area contributed by atoms with Crippen LogP contribution in [-0.2, 0) is 4.79 Å². The minimum atomic E-state index is -0.232. The molecule has 1 unspecified atom stereocenters. The largest absolute Gasteiger partial charge is 0.371 e. The van der Waals surface area contributed by atoms with Crippen LogP contribution >= 0.6 is 0 Å². The van der Waals surface area contributed by atoms with E-state index in [0.717, 1.165) is 25.9 Å². The molecule has 4 nitrogen and oxygen atoms in total. The van der Waals surface area contributed by atoms with Crippen molar-refractivity contribution in [1.82, 2.24) is 5.32 Å². The number of hydrogen-bond donors (Lipinski definition) is 2. The molecule has 0 radical (unpaired) electrons. The molecule has 1 atom stereocenters. The first-order valence-electron chi connectivity index (χ1n) is 7.08. The van der Waals surface area contributed by atoms with E-state index in [9.17, 15) is 4.79 Å². The van der Waals surface area contributed by atoms with Crippen molar-refractivity contribution < 1.29 is 4.79 Å². The Morgan fingerprint density at radius 1 is 1.47 bits per heavy atom. The van der Waals surface area contributed by atoms with Crippen LogP contribution in [0.25, 0.3) is 0 Å². The number of nitrogens with zero attached hydrogens (tertiary/aromatic N) is 1. The monoisotopic (exact) mass is 261 g/mol. The van der Waals surface area contributed by atoms with Crippen LogP contribution in [-0.4, -0.2) is 25.5 Å². The molecule has 0 saturated carbocycles. The summed E-state index contributed by atoms with van der Waals surface area (Å²) in [5.41, 5.74) is 7.85. The number of benzene rings is 1. The fraction of sp³-hybridized carbons (Fsp3) is 0.533. The van der Waals surface area contributed by atoms with Gasteiger partial charge in [0.15, 0.2) is 0 Å². The maximum absolute atomic E-state index is 11.0. The van der Waals surface area contributed by atoms with Crippen molar-refractivity contribution in [3.8, 4) is 0 Å². The highest BCUT2D eigenvalue weighted by Crippen LogP contribution is 2.32. The molecule has 104 valence electrons. The lowest BCUT2D eigenvalue weighted by atomic mass is 10.0. The van der Waals surface area contributed by atoms with Gasteiger partial charge in [-0.2, -0.15) is 0 Å². The number of rotatable bonds is 5. The maximum Gasteiger partial charge on any atom is 0.219 e. The molecule has 2 rings (SSSR count). The van der Waals surface area contributed by atoms with Gasteiger partial charge in [-0.25, -0.2) is 0 Å². The second kappa shape index (κ2) is 6.57. The highest BCUT2D eigenvalue weighted by atomic mass is 16.1. The molecular weight excluding hydrogens is 238 g/mol. The number of primary amides is 1. The molecule has 0 spiro atoms. The van der Waals surface area contributed by atoms with Gasteiger partial charge >= 0.3 is 0 Å². The van der Waals surface area contributed by atoms with Crippen LogP contribution in [0, 0.1) is 0 Å². The van der Waals surface area contributed by atoms with Gasteiger partial charge in [0.2, 0.25) is 5.91 Å². The van der Waals surface area contributed by atoms with Gasteiger partial charge in [0, 0.05) is 31.2 Å². The van der Waals surface area contributed by atoms with E-state index in [1.807, 2.05) is 0 Å². The Balaban J connectivity index is 2.22. The predicted molar refractivity (Wildman–Crippen MR) is 78.1 cm³/mol. The summed E-state index contributed by atoms with van der Waals surface area (Å²) in [6, 6.07) is 8.89. The summed E-state index contributed by atoms with van der Waals surface area (Å²) in [5.74, 6) is -0.232. The maximum atomic E-state index is 11.0. The van der Waals surface area contributed by atoms with E-state index >= 15 is 0 Å². The predicted octanol–water partition coefficient (Wildman–Crippen LogP) is 1.81. The topological polar surface area (TPSA) is 58.4 Å². The first-order valence-corrected chi connectivity index (χ1v) is 7.08. The van der Waals surface area contributed by atoms with E-state index in [4.69, 9.17) is 5.73 Å². The van der Waals surface area contributed by atoms with E-state index in [1.165, 1.54) is 11.3 Å². The third-order valence-electron chi connectivity index (χ3n) is 3.65. The Bertz CT molecular complexity index is 433. The molecule has 0 bridgehead atoms. The molecule has 1 amide bonds. The number of anilines is 1. The second-order valence-corrected chi connectivity index (χ2v) is 5.01. The van der Waals surface area contributed by atoms with Crippen molar-refractivity contribution >= 4 is 11.6 Å². The lowest BCUT2D eigenvalue weighted by molar-refractivity contribution is -0.117. The Hall–Kier alpha value is -1.55. The van der Waals surface area contributed by atoms with Gasteiger partial charge in [-0.15, -0.1) is 0 Å². The zero-order chi connectivity index (χ0) is 13.7. The van der Waals surface area contributed by atoms with Crippen LogP contribution in [0.1, 0.15) is 37.8 Å². The smallest absolute Gasteiger partial charge is 0.219 e. The summed E-state index contributed by atoms with van der Waals surface area (Å²) >= 11 is 0. The number of fused-ring (bicyclic) bond motifs is 1. The second-order valence-electron chi connectivity index (χ2n) is 5.01. The number of amides is 1. The van der Waals surface area contributed by atoms with Gasteiger partial charge in [0.25, 0.3) is 0 Å². The Morgan fingerprint density at radius 3 is 3.00 bits per heavy atom. The number of carbonyl (C=O) groups excluding carboxylic acids is 1. The molecule has 4 heteroatoms. The molecular formula is C15H23N3O. The van der Waals surface area contributed by atoms with Gasteiger partial charge in [-0.1, -0.05) is 25.1 Å². The first-order chi connectivity index (χ1) is 9.22. The fourth-order valence-corrected chi connectivity index (χ4v) is 2.77. The number of nitrogens with one attached hydrogen (secondary N) is 1. The number of carbonyl (C=O) groups is 1. The summed E-state index contributed by atoms with van der Waals surface area (Å²) in [6.07, 6.45) is 2.68. The van der Waals surface area contributed by atoms with Crippen molar-refractivity contribution in [2.45, 2.75) is 32.2 Å². The number of para-hydroxylation sites is 1. The molecule has 0 saturated heterocycles. The van der Waals surface area contributed by atoms with Crippen LogP contribution < -0.4 is 16.0 Å². The van der Waals surface area contributed by atoms with Crippen LogP contribution in [0.2, 0.25) is 0 Å². The van der Waals surface area contributed by atoms with Gasteiger partial charge < -0.3 is 16.0 Å². The van der Waals surface area contributed by atoms with Crippen molar-refractivity contribution in [2.24, 2.45) is 5.73 Å². The molecule has 0 aliphatic carbocycles. The van der Waals surface area contributed by atoms with Crippen LogP contribution in [0.5, 0.6) is 0 Å². The first kappa shape index (κ1) is 13.9. The van der Waals surface area contributed by atoms with Crippen LogP contribution in [0.3, 0.4) is 0 Å². The summed E-state index contributed by atoms with van der Waals surface area (Å²) in [4.78, 5) is 13.3. The quantitative estimate of drug-likeness (QED) is 0.850. The summed E-state index contributed by atoms with van der Waals surface area (Å²) in [6.45, 7) is 4.82. The Kier molecular flexibility index (Phi) is 4.80. The van der Waals surface area contributed by atoms with E-state index in [-0.39, 0.29) is 5.91 Å². The number of nitrogens with two attached hydrogens (primary N) is 1. The minimum absolute atomic E-state index is 0.232. The molecule has 1 aliphatic heterocycles. The average molecular weight is 261 g/mol. The molecule has 3 N–H and O–H groups in total. The van der Waals surface area contributed by atoms with Gasteiger partial charge in [-0.05, 0) is 31.0 Å². The summed E-state index contributed by atoms with van der Waals surface area (Å²) in [7, 11) is 0. The lowest BCUT2D eigenvalue weighted by Gasteiger charge is -2.25. The minimum Gasteiger partial charge on any atom is -0.371 e. The molecule has 1 aliphatic rings. The van der Waals surface area contributed by atoms with Gasteiger partial charge in [0.05, 0.1) is 0 Å². The standard InChI is InChI=1S/C15H23N3O/c1-2-17-13-7-5-10-18(11-9-15(16)19)14-8-4-3-6-12(13)14/h3-4,6,8,13,17H,2,5,7,9-11H2,1H3,(H2,16,19). The van der Waals surface area contributed by atoms with Crippen molar-refractivity contribution in [2.75, 3.05) is 24.5 Å². The molecule has 1 aromatic rings. The SMILES string of the molecule is CCNC1CCCN(CCC(N)=O)c2ccccc21. The normalized spacial score (nSPS) is 18.8. The molecule has 0 aromatic heterocycles. The van der Waals surface area contributed by atoms with E-state index in [0.29, 0.717) is 19.0 Å². The van der Waals surface area contributed by atoms with Crippen LogP contribution in [0.15, 0.2) is 24.3 Å². The Labute approximate surface area is 115 Å². The third-order valence-corrected chi connectivity index (χ3v) is 3.65. The van der Waals surface area contributed by atoms with E-state index < -0.39 is 0 Å². The summed E-state index contributed by atoms with van der Waals surface area (Å²) in [5, 5.41) is 3.55. The van der Waals surface area contributed by atoms with E-state index in [1.54, 1.807) is 0 Å². The highest BCUT2D eigenvalue weighted by Gasteiger charge is 2.21. The highest BCUT2D eigenvalue weighted by molar-refractivity contribution is 5.74. The Morgan fingerprint density at radius 2 is 2.26 bits per heavy atom. The molecule has 1 aromatic carbocycles. The van der Waals surface area contributed by atoms with Crippen molar-refractivity contribution in [3.05, 3.63) is 29.8 Å². The van der Waals surface area contributed by atoms with E-state index in [2.05, 4.69) is 41.4 Å². The number of hydrogen-bond acceptors (Lipinski definition) is 3. The van der Waals surface area contributed by atoms with Crippen molar-refractivity contribution in [1.29, 1.82) is 0 Å². The molecule has 19 heavy (non-hydrogen) atoms. The lowest BCUT2D eigenvalue weighted by Crippen LogP contribution is -2.29. The molecule has 0 fully saturated rings. The van der Waals surface area contributed by atoms with Crippen molar-refractivity contribution in [3.63, 3.8) is 0 Å². The third kappa shape index (κ3) is 3.47. The zero-order valence-electron chi connectivity index (χ0n) is 11.6. The van der Waals surface area contributed by atoms with Gasteiger partial charge in [-0.3, -0.25) is 4.79 Å². The molecule has 1 heterocycles. The van der Waals surface area contributed by atoms with Gasteiger partial charge in [0.1, 0.15) is 0 Å².